The molecule has 2 heterocycles. The van der Waals surface area contributed by atoms with E-state index in [2.05, 4.69) is 4.90 Å². The van der Waals surface area contributed by atoms with Crippen LogP contribution in [0, 0.1) is 5.82 Å². The first-order valence-corrected chi connectivity index (χ1v) is 8.68. The van der Waals surface area contributed by atoms with Crippen LogP contribution in [0.2, 0.25) is 5.02 Å². The lowest BCUT2D eigenvalue weighted by Crippen LogP contribution is -2.50. The molecule has 1 N–H and O–H groups in total. The van der Waals surface area contributed by atoms with Gasteiger partial charge in [0.15, 0.2) is 0 Å². The van der Waals surface area contributed by atoms with Crippen LogP contribution in [0.3, 0.4) is 0 Å². The summed E-state index contributed by atoms with van der Waals surface area (Å²) in [5, 5.41) is 9.81. The summed E-state index contributed by atoms with van der Waals surface area (Å²) in [5.41, 5.74) is 0.0662. The van der Waals surface area contributed by atoms with E-state index in [0.717, 1.165) is 39.1 Å². The number of rotatable bonds is 4. The maximum absolute atomic E-state index is 14.2. The fourth-order valence-corrected chi connectivity index (χ4v) is 3.95. The third-order valence-corrected chi connectivity index (χ3v) is 5.26. The van der Waals surface area contributed by atoms with Gasteiger partial charge in [-0.05, 0) is 25.0 Å². The first kappa shape index (κ1) is 17.6. The van der Waals surface area contributed by atoms with Crippen LogP contribution in [-0.2, 0) is 9.53 Å². The van der Waals surface area contributed by atoms with E-state index in [0.29, 0.717) is 19.1 Å². The molecule has 2 fully saturated rings. The quantitative estimate of drug-likeness (QED) is 0.897. The molecular formula is C17H22ClFN2O3. The molecule has 132 valence electrons. The predicted octanol–water partition coefficient (Wildman–Crippen LogP) is 2.40. The van der Waals surface area contributed by atoms with Crippen LogP contribution in [0.1, 0.15) is 24.4 Å². The van der Waals surface area contributed by atoms with Crippen molar-refractivity contribution in [2.75, 3.05) is 39.4 Å². The number of hydrogen-bond donors (Lipinski definition) is 1. The Morgan fingerprint density at radius 3 is 2.50 bits per heavy atom. The Kier molecular flexibility index (Phi) is 5.71. The number of hydrogen-bond acceptors (Lipinski definition) is 4. The number of piperidine rings is 1. The molecule has 0 amide bonds. The Morgan fingerprint density at radius 1 is 1.25 bits per heavy atom. The molecule has 0 radical (unpaired) electrons. The molecule has 2 aliphatic heterocycles. The maximum Gasteiger partial charge on any atom is 0.325 e. The van der Waals surface area contributed by atoms with Gasteiger partial charge in [-0.15, -0.1) is 0 Å². The molecule has 1 atom stereocenters. The average molecular weight is 357 g/mol. The normalized spacial score (nSPS) is 22.4. The van der Waals surface area contributed by atoms with Gasteiger partial charge in [-0.2, -0.15) is 0 Å². The molecule has 0 aliphatic carbocycles. The lowest BCUT2D eigenvalue weighted by molar-refractivity contribution is -0.144. The number of benzene rings is 1. The number of ether oxygens (including phenoxy) is 1. The maximum atomic E-state index is 14.2. The molecule has 3 rings (SSSR count). The SMILES string of the molecule is O=C(O)C(c1c(F)cccc1Cl)N1CCC(N2CCOCC2)CC1. The number of likely N-dealkylation sites (tertiary alicyclic amines) is 1. The van der Waals surface area contributed by atoms with Crippen molar-refractivity contribution in [2.45, 2.75) is 24.9 Å². The first-order chi connectivity index (χ1) is 11.6. The lowest BCUT2D eigenvalue weighted by Gasteiger charge is -2.41. The van der Waals surface area contributed by atoms with E-state index < -0.39 is 17.8 Å². The highest BCUT2D eigenvalue weighted by molar-refractivity contribution is 6.31. The van der Waals surface area contributed by atoms with E-state index >= 15 is 0 Å². The third kappa shape index (κ3) is 3.72. The zero-order valence-electron chi connectivity index (χ0n) is 13.5. The predicted molar refractivity (Wildman–Crippen MR) is 88.8 cm³/mol. The molecule has 0 aromatic heterocycles. The van der Waals surface area contributed by atoms with Gasteiger partial charge < -0.3 is 9.84 Å². The number of aliphatic carboxylic acids is 1. The fraction of sp³-hybridized carbons (Fsp3) is 0.588. The number of carboxylic acid groups (broad SMARTS) is 1. The van der Waals surface area contributed by atoms with Crippen molar-refractivity contribution in [1.82, 2.24) is 9.80 Å². The number of nitrogens with zero attached hydrogens (tertiary/aromatic N) is 2. The van der Waals surface area contributed by atoms with Gasteiger partial charge >= 0.3 is 5.97 Å². The minimum atomic E-state index is -1.06. The average Bonchev–Trinajstić information content (AvgIpc) is 2.59. The van der Waals surface area contributed by atoms with Crippen LogP contribution < -0.4 is 0 Å². The summed E-state index contributed by atoms with van der Waals surface area (Å²) in [4.78, 5) is 16.0. The van der Waals surface area contributed by atoms with E-state index in [1.165, 1.54) is 18.2 Å². The summed E-state index contributed by atoms with van der Waals surface area (Å²) in [6.07, 6.45) is 1.74. The van der Waals surface area contributed by atoms with Gasteiger partial charge in [0.2, 0.25) is 0 Å². The van der Waals surface area contributed by atoms with Gasteiger partial charge in [0.1, 0.15) is 11.9 Å². The van der Waals surface area contributed by atoms with E-state index in [4.69, 9.17) is 16.3 Å². The highest BCUT2D eigenvalue weighted by atomic mass is 35.5. The van der Waals surface area contributed by atoms with Gasteiger partial charge in [0.05, 0.1) is 13.2 Å². The number of carboxylic acids is 1. The van der Waals surface area contributed by atoms with Gasteiger partial charge in [-0.25, -0.2) is 4.39 Å². The standard InChI is InChI=1S/C17H22ClFN2O3/c18-13-2-1-3-14(19)15(13)16(17(22)23)21-6-4-12(5-7-21)20-8-10-24-11-9-20/h1-3,12,16H,4-11H2,(H,22,23). The molecule has 2 saturated heterocycles. The van der Waals surface area contributed by atoms with Gasteiger partial charge in [0, 0.05) is 42.8 Å². The first-order valence-electron chi connectivity index (χ1n) is 8.30. The molecule has 7 heteroatoms. The Balaban J connectivity index is 1.71. The van der Waals surface area contributed by atoms with E-state index in [1.54, 1.807) is 0 Å². The second kappa shape index (κ2) is 7.78. The molecule has 0 bridgehead atoms. The van der Waals surface area contributed by atoms with Crippen LogP contribution in [0.5, 0.6) is 0 Å². The topological polar surface area (TPSA) is 53.0 Å². The van der Waals surface area contributed by atoms with Crippen LogP contribution in [0.25, 0.3) is 0 Å². The second-order valence-corrected chi connectivity index (χ2v) is 6.70. The summed E-state index contributed by atoms with van der Waals surface area (Å²) in [6.45, 7) is 4.58. The van der Waals surface area contributed by atoms with Crippen molar-refractivity contribution >= 4 is 17.6 Å². The number of morpholine rings is 1. The third-order valence-electron chi connectivity index (χ3n) is 4.93. The molecule has 1 unspecified atom stereocenters. The van der Waals surface area contributed by atoms with Crippen molar-refractivity contribution in [3.8, 4) is 0 Å². The Labute approximate surface area is 145 Å². The molecule has 1 aromatic carbocycles. The van der Waals surface area contributed by atoms with Gasteiger partial charge in [0.25, 0.3) is 0 Å². The summed E-state index contributed by atoms with van der Waals surface area (Å²) in [7, 11) is 0. The molecule has 1 aromatic rings. The zero-order chi connectivity index (χ0) is 17.1. The van der Waals surface area contributed by atoms with Crippen molar-refractivity contribution < 1.29 is 19.0 Å². The van der Waals surface area contributed by atoms with Gasteiger partial charge in [-0.1, -0.05) is 17.7 Å². The van der Waals surface area contributed by atoms with Crippen molar-refractivity contribution in [2.24, 2.45) is 0 Å². The van der Waals surface area contributed by atoms with E-state index in [1.807, 2.05) is 4.90 Å². The molecule has 2 aliphatic rings. The van der Waals surface area contributed by atoms with E-state index in [-0.39, 0.29) is 10.6 Å². The van der Waals surface area contributed by atoms with Crippen molar-refractivity contribution in [1.29, 1.82) is 0 Å². The summed E-state index contributed by atoms with van der Waals surface area (Å²) in [5.74, 6) is -1.63. The molecule has 0 spiro atoms. The highest BCUT2D eigenvalue weighted by Gasteiger charge is 2.35. The number of halogens is 2. The fourth-order valence-electron chi connectivity index (χ4n) is 3.69. The van der Waals surface area contributed by atoms with Gasteiger partial charge in [-0.3, -0.25) is 14.6 Å². The minimum Gasteiger partial charge on any atom is -0.480 e. The monoisotopic (exact) mass is 356 g/mol. The molecule has 0 saturated carbocycles. The summed E-state index contributed by atoms with van der Waals surface area (Å²) >= 11 is 6.09. The Morgan fingerprint density at radius 2 is 1.92 bits per heavy atom. The number of carbonyl (C=O) groups is 1. The second-order valence-electron chi connectivity index (χ2n) is 6.29. The minimum absolute atomic E-state index is 0.0662. The Bertz CT molecular complexity index is 567. The lowest BCUT2D eigenvalue weighted by atomic mass is 9.97. The van der Waals surface area contributed by atoms with Crippen molar-refractivity contribution in [3.63, 3.8) is 0 Å². The highest BCUT2D eigenvalue weighted by Crippen LogP contribution is 2.33. The van der Waals surface area contributed by atoms with Crippen LogP contribution in [0.4, 0.5) is 4.39 Å². The van der Waals surface area contributed by atoms with Crippen LogP contribution in [-0.4, -0.2) is 66.3 Å². The largest absolute Gasteiger partial charge is 0.480 e. The van der Waals surface area contributed by atoms with E-state index in [9.17, 15) is 14.3 Å². The molecule has 5 nitrogen and oxygen atoms in total. The van der Waals surface area contributed by atoms with Crippen molar-refractivity contribution in [3.05, 3.63) is 34.6 Å². The molecule has 24 heavy (non-hydrogen) atoms. The van der Waals surface area contributed by atoms with Crippen LogP contribution >= 0.6 is 11.6 Å². The zero-order valence-corrected chi connectivity index (χ0v) is 14.2. The molecular weight excluding hydrogens is 335 g/mol. The smallest absolute Gasteiger partial charge is 0.325 e. The Hall–Kier alpha value is -1.21. The van der Waals surface area contributed by atoms with Crippen LogP contribution in [0.15, 0.2) is 18.2 Å². The summed E-state index contributed by atoms with van der Waals surface area (Å²) < 4.78 is 19.6. The summed E-state index contributed by atoms with van der Waals surface area (Å²) in [6, 6.07) is 3.69.